The topological polar surface area (TPSA) is 0 Å². The van der Waals surface area contributed by atoms with Gasteiger partial charge in [0.1, 0.15) is 0 Å². The zero-order valence-electron chi connectivity index (χ0n) is 7.85. The molecule has 0 unspecified atom stereocenters. The van der Waals surface area contributed by atoms with Crippen LogP contribution in [0.3, 0.4) is 0 Å². The Labute approximate surface area is 70.3 Å². The Morgan fingerprint density at radius 1 is 1.45 bits per heavy atom. The van der Waals surface area contributed by atoms with Crippen LogP contribution in [-0.2, 0) is 0 Å². The van der Waals surface area contributed by atoms with Crippen LogP contribution in [0.2, 0.25) is 0 Å². The summed E-state index contributed by atoms with van der Waals surface area (Å²) in [4.78, 5) is 0. The molecule has 0 bridgehead atoms. The molecule has 0 aliphatic rings. The lowest BCUT2D eigenvalue weighted by Crippen LogP contribution is -1.87. The zero-order chi connectivity index (χ0) is 8.85. The Bertz CT molecular complexity index is 170. The second-order valence-corrected chi connectivity index (χ2v) is 3.35. The van der Waals surface area contributed by atoms with Crippen molar-refractivity contribution in [2.75, 3.05) is 0 Å². The van der Waals surface area contributed by atoms with Gasteiger partial charge in [-0.3, -0.25) is 0 Å². The van der Waals surface area contributed by atoms with E-state index in [1.165, 1.54) is 11.1 Å². The molecule has 11 heavy (non-hydrogen) atoms. The smallest absolute Gasteiger partial charge is 0.0261 e. The SMILES string of the molecule is C=C/C(C)=C\C(=C)CC(C)C. The van der Waals surface area contributed by atoms with E-state index in [4.69, 9.17) is 0 Å². The van der Waals surface area contributed by atoms with Crippen LogP contribution in [0.5, 0.6) is 0 Å². The van der Waals surface area contributed by atoms with E-state index in [2.05, 4.69) is 33.1 Å². The monoisotopic (exact) mass is 150 g/mol. The molecule has 0 nitrogen and oxygen atoms in total. The number of hydrogen-bond acceptors (Lipinski definition) is 0. The van der Waals surface area contributed by atoms with Gasteiger partial charge >= 0.3 is 0 Å². The highest BCUT2D eigenvalue weighted by molar-refractivity contribution is 5.25. The second kappa shape index (κ2) is 4.95. The van der Waals surface area contributed by atoms with Crippen molar-refractivity contribution >= 4 is 0 Å². The fourth-order valence-corrected chi connectivity index (χ4v) is 0.964. The van der Waals surface area contributed by atoms with E-state index in [1.807, 2.05) is 13.0 Å². The molecule has 0 heteroatoms. The lowest BCUT2D eigenvalue weighted by atomic mass is 10.0. The predicted molar refractivity (Wildman–Crippen MR) is 52.5 cm³/mol. The zero-order valence-corrected chi connectivity index (χ0v) is 7.85. The summed E-state index contributed by atoms with van der Waals surface area (Å²) < 4.78 is 0. The quantitative estimate of drug-likeness (QED) is 0.536. The highest BCUT2D eigenvalue weighted by Crippen LogP contribution is 2.11. The molecule has 0 aliphatic heterocycles. The van der Waals surface area contributed by atoms with Crippen LogP contribution in [0.15, 0.2) is 36.5 Å². The van der Waals surface area contributed by atoms with Gasteiger partial charge in [0.25, 0.3) is 0 Å². The Balaban J connectivity index is 3.96. The molecule has 0 fully saturated rings. The van der Waals surface area contributed by atoms with Crippen molar-refractivity contribution in [1.29, 1.82) is 0 Å². The molecule has 0 aromatic rings. The van der Waals surface area contributed by atoms with E-state index in [1.54, 1.807) is 0 Å². The third-order valence-electron chi connectivity index (χ3n) is 1.42. The highest BCUT2D eigenvalue weighted by atomic mass is 14.0. The van der Waals surface area contributed by atoms with E-state index < -0.39 is 0 Å². The van der Waals surface area contributed by atoms with Gasteiger partial charge < -0.3 is 0 Å². The van der Waals surface area contributed by atoms with Crippen molar-refractivity contribution in [1.82, 2.24) is 0 Å². The maximum absolute atomic E-state index is 3.96. The molecule has 0 spiro atoms. The van der Waals surface area contributed by atoms with Crippen LogP contribution < -0.4 is 0 Å². The summed E-state index contributed by atoms with van der Waals surface area (Å²) in [6.07, 6.45) is 5.02. The first-order chi connectivity index (χ1) is 5.06. The lowest BCUT2D eigenvalue weighted by Gasteiger charge is -2.03. The minimum atomic E-state index is 0.691. The minimum Gasteiger partial charge on any atom is -0.0988 e. The van der Waals surface area contributed by atoms with E-state index in [0.29, 0.717) is 5.92 Å². The average Bonchev–Trinajstić information content (AvgIpc) is 1.85. The summed E-state index contributed by atoms with van der Waals surface area (Å²) in [7, 11) is 0. The van der Waals surface area contributed by atoms with Gasteiger partial charge in [-0.2, -0.15) is 0 Å². The molecule has 0 saturated heterocycles. The number of hydrogen-bond donors (Lipinski definition) is 0. The van der Waals surface area contributed by atoms with Gasteiger partial charge in [-0.25, -0.2) is 0 Å². The van der Waals surface area contributed by atoms with Crippen LogP contribution in [0, 0.1) is 5.92 Å². The third-order valence-corrected chi connectivity index (χ3v) is 1.42. The van der Waals surface area contributed by atoms with Crippen LogP contribution in [-0.4, -0.2) is 0 Å². The van der Waals surface area contributed by atoms with Crippen molar-refractivity contribution in [2.45, 2.75) is 27.2 Å². The van der Waals surface area contributed by atoms with Crippen LogP contribution in [0.25, 0.3) is 0 Å². The molecular weight excluding hydrogens is 132 g/mol. The molecule has 0 N–H and O–H groups in total. The van der Waals surface area contributed by atoms with Crippen molar-refractivity contribution in [3.63, 3.8) is 0 Å². The molecule has 0 radical (unpaired) electrons. The molecule has 0 aromatic heterocycles. The maximum Gasteiger partial charge on any atom is -0.0261 e. The van der Waals surface area contributed by atoms with Gasteiger partial charge in [-0.05, 0) is 19.3 Å². The third kappa shape index (κ3) is 5.65. The Hall–Kier alpha value is -0.780. The first-order valence-corrected chi connectivity index (χ1v) is 4.04. The van der Waals surface area contributed by atoms with Crippen molar-refractivity contribution in [3.05, 3.63) is 36.5 Å². The Morgan fingerprint density at radius 3 is 2.36 bits per heavy atom. The molecule has 0 heterocycles. The summed E-state index contributed by atoms with van der Waals surface area (Å²) in [6, 6.07) is 0. The summed E-state index contributed by atoms with van der Waals surface area (Å²) in [6.45, 7) is 14.1. The minimum absolute atomic E-state index is 0.691. The largest absolute Gasteiger partial charge is 0.0988 e. The normalized spacial score (nSPS) is 11.8. The van der Waals surface area contributed by atoms with E-state index in [0.717, 1.165) is 6.42 Å². The molecule has 0 aromatic carbocycles. The first kappa shape index (κ1) is 10.2. The molecule has 62 valence electrons. The lowest BCUT2D eigenvalue weighted by molar-refractivity contribution is 0.651. The van der Waals surface area contributed by atoms with Gasteiger partial charge in [-0.1, -0.05) is 50.3 Å². The molecule has 0 saturated carbocycles. The van der Waals surface area contributed by atoms with Gasteiger partial charge in [0, 0.05) is 0 Å². The molecule has 0 amide bonds. The second-order valence-electron chi connectivity index (χ2n) is 3.35. The molecule has 0 aliphatic carbocycles. The average molecular weight is 150 g/mol. The van der Waals surface area contributed by atoms with Crippen molar-refractivity contribution < 1.29 is 0 Å². The van der Waals surface area contributed by atoms with Gasteiger partial charge in [0.15, 0.2) is 0 Å². The molecule has 0 atom stereocenters. The molecular formula is C11H18. The molecule has 0 rings (SSSR count). The van der Waals surface area contributed by atoms with Crippen molar-refractivity contribution in [2.24, 2.45) is 5.92 Å². The van der Waals surface area contributed by atoms with Gasteiger partial charge in [0.2, 0.25) is 0 Å². The highest BCUT2D eigenvalue weighted by Gasteiger charge is 1.94. The van der Waals surface area contributed by atoms with Crippen LogP contribution in [0.4, 0.5) is 0 Å². The fourth-order valence-electron chi connectivity index (χ4n) is 0.964. The predicted octanol–water partition coefficient (Wildman–Crippen LogP) is 3.72. The van der Waals surface area contributed by atoms with Gasteiger partial charge in [0.05, 0.1) is 0 Å². The van der Waals surface area contributed by atoms with E-state index in [9.17, 15) is 0 Å². The van der Waals surface area contributed by atoms with Crippen LogP contribution >= 0.6 is 0 Å². The summed E-state index contributed by atoms with van der Waals surface area (Å²) in [5, 5.41) is 0. The summed E-state index contributed by atoms with van der Waals surface area (Å²) in [5.74, 6) is 0.691. The summed E-state index contributed by atoms with van der Waals surface area (Å²) >= 11 is 0. The van der Waals surface area contributed by atoms with E-state index >= 15 is 0 Å². The van der Waals surface area contributed by atoms with Crippen LogP contribution in [0.1, 0.15) is 27.2 Å². The summed E-state index contributed by atoms with van der Waals surface area (Å²) in [5.41, 5.74) is 2.38. The first-order valence-electron chi connectivity index (χ1n) is 4.04. The number of allylic oxidation sites excluding steroid dienone is 4. The van der Waals surface area contributed by atoms with Gasteiger partial charge in [-0.15, -0.1) is 0 Å². The maximum atomic E-state index is 3.96. The van der Waals surface area contributed by atoms with E-state index in [-0.39, 0.29) is 0 Å². The Morgan fingerprint density at radius 2 is 2.00 bits per heavy atom. The fraction of sp³-hybridized carbons (Fsp3) is 0.455. The van der Waals surface area contributed by atoms with Crippen molar-refractivity contribution in [3.8, 4) is 0 Å². The number of rotatable bonds is 4. The standard InChI is InChI=1S/C11H18/c1-6-10(4)8-11(5)7-9(2)3/h6,8-9H,1,5,7H2,2-4H3/b10-8-. The Kier molecular flexibility index (Phi) is 4.60.